The molecule has 1 aliphatic heterocycles. The molecular weight excluding hydrogens is 389 g/mol. The normalized spacial score (nSPS) is 18.9. The monoisotopic (exact) mass is 418 g/mol. The molecule has 0 saturated carbocycles. The molecule has 0 aromatic heterocycles. The molecule has 1 saturated heterocycles. The van der Waals surface area contributed by atoms with Crippen LogP contribution in [-0.2, 0) is 4.74 Å². The maximum absolute atomic E-state index is 14.8. The Balaban J connectivity index is 1.73. The topological polar surface area (TPSA) is 18.5 Å². The second-order valence-corrected chi connectivity index (χ2v) is 7.81. The first kappa shape index (κ1) is 22.4. The highest BCUT2D eigenvalue weighted by Crippen LogP contribution is 2.36. The largest absolute Gasteiger partial charge is 0.490 e. The molecule has 0 spiro atoms. The van der Waals surface area contributed by atoms with Crippen LogP contribution >= 0.6 is 0 Å². The minimum atomic E-state index is -1.11. The molecule has 1 aliphatic rings. The van der Waals surface area contributed by atoms with E-state index in [4.69, 9.17) is 9.47 Å². The van der Waals surface area contributed by atoms with Crippen LogP contribution in [0.2, 0.25) is 0 Å². The van der Waals surface area contributed by atoms with Gasteiger partial charge in [0.1, 0.15) is 5.82 Å². The van der Waals surface area contributed by atoms with Crippen molar-refractivity contribution in [2.45, 2.75) is 51.6 Å². The molecule has 2 unspecified atom stereocenters. The molecule has 0 amide bonds. The summed E-state index contributed by atoms with van der Waals surface area (Å²) in [7, 11) is 0. The fourth-order valence-corrected chi connectivity index (χ4v) is 3.92. The summed E-state index contributed by atoms with van der Waals surface area (Å²) in [4.78, 5) is 0. The molecule has 0 N–H and O–H groups in total. The van der Waals surface area contributed by atoms with Gasteiger partial charge in [-0.2, -0.15) is 4.39 Å². The zero-order chi connectivity index (χ0) is 21.5. The van der Waals surface area contributed by atoms with Crippen molar-refractivity contribution in [2.75, 3.05) is 13.2 Å². The standard InChI is InChI=1S/C25H29F3O2/c1-3-5-6-14-29-23-13-11-20(24(27)25(23)28)19-10-9-18(15-21(19)26)22-12-8-17(7-4-2)16-30-22/h3,9-11,13,15,17,22H,1,4-8,12,14,16H2,2H3. The van der Waals surface area contributed by atoms with E-state index >= 15 is 0 Å². The van der Waals surface area contributed by atoms with E-state index in [0.717, 1.165) is 37.7 Å². The van der Waals surface area contributed by atoms with E-state index in [0.29, 0.717) is 18.9 Å². The smallest absolute Gasteiger partial charge is 0.201 e. The lowest BCUT2D eigenvalue weighted by Gasteiger charge is -2.29. The summed E-state index contributed by atoms with van der Waals surface area (Å²) in [6.07, 6.45) is 7.11. The summed E-state index contributed by atoms with van der Waals surface area (Å²) >= 11 is 0. The third kappa shape index (κ3) is 5.25. The summed E-state index contributed by atoms with van der Waals surface area (Å²) < 4.78 is 55.0. The quantitative estimate of drug-likeness (QED) is 0.312. The SMILES string of the molecule is C=CCCCOc1ccc(-c2ccc(C3CCC(CCC)CO3)cc2F)c(F)c1F. The molecule has 2 atom stereocenters. The number of halogens is 3. The van der Waals surface area contributed by atoms with E-state index in [9.17, 15) is 13.2 Å². The second-order valence-electron chi connectivity index (χ2n) is 7.81. The maximum Gasteiger partial charge on any atom is 0.201 e. The van der Waals surface area contributed by atoms with Gasteiger partial charge in [-0.05, 0) is 61.8 Å². The van der Waals surface area contributed by atoms with Crippen molar-refractivity contribution in [3.8, 4) is 16.9 Å². The summed E-state index contributed by atoms with van der Waals surface area (Å²) in [5, 5.41) is 0. The van der Waals surface area contributed by atoms with Crippen molar-refractivity contribution < 1.29 is 22.6 Å². The Morgan fingerprint density at radius 3 is 2.57 bits per heavy atom. The number of hydrogen-bond donors (Lipinski definition) is 0. The Labute approximate surface area is 176 Å². The number of unbranched alkanes of at least 4 members (excludes halogenated alkanes) is 1. The molecule has 0 radical (unpaired) electrons. The van der Waals surface area contributed by atoms with Crippen molar-refractivity contribution >= 4 is 0 Å². The molecular formula is C25H29F3O2. The van der Waals surface area contributed by atoms with E-state index in [1.165, 1.54) is 24.3 Å². The van der Waals surface area contributed by atoms with Gasteiger partial charge in [0.25, 0.3) is 0 Å². The van der Waals surface area contributed by atoms with E-state index in [1.807, 2.05) is 0 Å². The van der Waals surface area contributed by atoms with Crippen LogP contribution in [0.4, 0.5) is 13.2 Å². The first-order chi connectivity index (χ1) is 14.5. The van der Waals surface area contributed by atoms with Gasteiger partial charge in [0, 0.05) is 11.1 Å². The van der Waals surface area contributed by atoms with Crippen LogP contribution in [-0.4, -0.2) is 13.2 Å². The van der Waals surface area contributed by atoms with Crippen LogP contribution in [0.5, 0.6) is 5.75 Å². The van der Waals surface area contributed by atoms with E-state index in [1.54, 1.807) is 12.1 Å². The predicted molar refractivity (Wildman–Crippen MR) is 113 cm³/mol. The van der Waals surface area contributed by atoms with Crippen molar-refractivity contribution in [2.24, 2.45) is 5.92 Å². The molecule has 3 rings (SSSR count). The van der Waals surface area contributed by atoms with Gasteiger partial charge in [-0.25, -0.2) is 8.78 Å². The summed E-state index contributed by atoms with van der Waals surface area (Å²) in [5.41, 5.74) is 0.629. The third-order valence-corrected chi connectivity index (χ3v) is 5.58. The Morgan fingerprint density at radius 1 is 1.10 bits per heavy atom. The lowest BCUT2D eigenvalue weighted by atomic mass is 9.91. The van der Waals surface area contributed by atoms with Gasteiger partial charge in [0.15, 0.2) is 11.6 Å². The summed E-state index contributed by atoms with van der Waals surface area (Å²) in [6.45, 7) is 6.69. The van der Waals surface area contributed by atoms with Crippen LogP contribution in [0.3, 0.4) is 0 Å². The highest BCUT2D eigenvalue weighted by molar-refractivity contribution is 5.66. The van der Waals surface area contributed by atoms with Crippen molar-refractivity contribution in [1.82, 2.24) is 0 Å². The highest BCUT2D eigenvalue weighted by atomic mass is 19.2. The molecule has 0 bridgehead atoms. The summed E-state index contributed by atoms with van der Waals surface area (Å²) in [6, 6.07) is 7.30. The highest BCUT2D eigenvalue weighted by Gasteiger charge is 2.24. The Hall–Kier alpha value is -2.27. The first-order valence-corrected chi connectivity index (χ1v) is 10.7. The van der Waals surface area contributed by atoms with E-state index in [-0.39, 0.29) is 29.6 Å². The minimum absolute atomic E-state index is 0.0213. The average Bonchev–Trinajstić information content (AvgIpc) is 2.75. The van der Waals surface area contributed by atoms with Gasteiger partial charge in [-0.3, -0.25) is 0 Å². The average molecular weight is 418 g/mol. The fraction of sp³-hybridized carbons (Fsp3) is 0.440. The first-order valence-electron chi connectivity index (χ1n) is 10.7. The number of ether oxygens (including phenoxy) is 2. The van der Waals surface area contributed by atoms with Crippen LogP contribution in [0.25, 0.3) is 11.1 Å². The lowest BCUT2D eigenvalue weighted by molar-refractivity contribution is -0.0195. The van der Waals surface area contributed by atoms with Crippen LogP contribution < -0.4 is 4.74 Å². The number of benzene rings is 2. The van der Waals surface area contributed by atoms with Gasteiger partial charge in [0.2, 0.25) is 5.82 Å². The molecule has 1 heterocycles. The molecule has 30 heavy (non-hydrogen) atoms. The van der Waals surface area contributed by atoms with Gasteiger partial charge in [-0.15, -0.1) is 6.58 Å². The lowest BCUT2D eigenvalue weighted by Crippen LogP contribution is -2.20. The Bertz CT molecular complexity index is 858. The van der Waals surface area contributed by atoms with Crippen LogP contribution in [0.15, 0.2) is 43.0 Å². The maximum atomic E-state index is 14.8. The summed E-state index contributed by atoms with van der Waals surface area (Å²) in [5.74, 6) is -2.42. The van der Waals surface area contributed by atoms with Crippen molar-refractivity contribution in [3.63, 3.8) is 0 Å². The zero-order valence-corrected chi connectivity index (χ0v) is 17.4. The van der Waals surface area contributed by atoms with Crippen molar-refractivity contribution in [1.29, 1.82) is 0 Å². The van der Waals surface area contributed by atoms with Gasteiger partial charge >= 0.3 is 0 Å². The third-order valence-electron chi connectivity index (χ3n) is 5.58. The molecule has 2 aromatic carbocycles. The van der Waals surface area contributed by atoms with Gasteiger partial charge < -0.3 is 9.47 Å². The zero-order valence-electron chi connectivity index (χ0n) is 17.4. The fourth-order valence-electron chi connectivity index (χ4n) is 3.92. The number of rotatable bonds is 9. The molecule has 1 fully saturated rings. The van der Waals surface area contributed by atoms with E-state index < -0.39 is 17.5 Å². The van der Waals surface area contributed by atoms with Crippen LogP contribution in [0.1, 0.15) is 57.1 Å². The predicted octanol–water partition coefficient (Wildman–Crippen LogP) is 7.38. The number of allylic oxidation sites excluding steroid dienone is 1. The number of hydrogen-bond acceptors (Lipinski definition) is 2. The molecule has 2 nitrogen and oxygen atoms in total. The molecule has 162 valence electrons. The van der Waals surface area contributed by atoms with Gasteiger partial charge in [0.05, 0.1) is 19.3 Å². The molecule has 2 aromatic rings. The molecule has 5 heteroatoms. The molecule has 0 aliphatic carbocycles. The van der Waals surface area contributed by atoms with E-state index in [2.05, 4.69) is 13.5 Å². The van der Waals surface area contributed by atoms with Crippen LogP contribution in [0, 0.1) is 23.4 Å². The Morgan fingerprint density at radius 2 is 1.90 bits per heavy atom. The van der Waals surface area contributed by atoms with Gasteiger partial charge in [-0.1, -0.05) is 31.6 Å². The Kier molecular flexibility index (Phi) is 7.97. The minimum Gasteiger partial charge on any atom is -0.490 e. The van der Waals surface area contributed by atoms with Crippen molar-refractivity contribution in [3.05, 3.63) is 66.0 Å². The second kappa shape index (κ2) is 10.7.